The maximum absolute atomic E-state index is 6.11. The molecule has 0 spiro atoms. The maximum Gasteiger partial charge on any atom is 0.138 e. The Kier molecular flexibility index (Phi) is 4.70. The number of hydrogen-bond acceptors (Lipinski definition) is 5. The third-order valence-corrected chi connectivity index (χ3v) is 6.05. The minimum Gasteiger partial charge on any atom is -0.464 e. The summed E-state index contributed by atoms with van der Waals surface area (Å²) in [4.78, 5) is 11.2. The summed E-state index contributed by atoms with van der Waals surface area (Å²) in [5.74, 6) is 2.80. The van der Waals surface area contributed by atoms with Crippen LogP contribution >= 0.6 is 11.3 Å². The fourth-order valence-electron chi connectivity index (χ4n) is 3.30. The lowest BCUT2D eigenvalue weighted by molar-refractivity contribution is 0.476. The zero-order valence-corrected chi connectivity index (χ0v) is 16.9. The molecule has 0 aliphatic rings. The van der Waals surface area contributed by atoms with Crippen LogP contribution in [0.1, 0.15) is 34.4 Å². The molecule has 138 valence electrons. The van der Waals surface area contributed by atoms with Crippen molar-refractivity contribution >= 4 is 27.4 Å². The SMILES string of the molecule is CCc1oc(CNc2ncnc3sc(C)c(C)c23)cc1-c1ccc(C)cc1. The zero-order chi connectivity index (χ0) is 19.0. The minimum atomic E-state index is 0.597. The van der Waals surface area contributed by atoms with Crippen molar-refractivity contribution in [2.75, 3.05) is 5.32 Å². The third kappa shape index (κ3) is 3.35. The Morgan fingerprint density at radius 3 is 2.59 bits per heavy atom. The van der Waals surface area contributed by atoms with Crippen molar-refractivity contribution in [2.24, 2.45) is 0 Å². The molecule has 0 saturated carbocycles. The number of nitrogens with one attached hydrogen (secondary N) is 1. The van der Waals surface area contributed by atoms with Crippen molar-refractivity contribution in [1.82, 2.24) is 9.97 Å². The molecule has 3 heterocycles. The highest BCUT2D eigenvalue weighted by atomic mass is 32.1. The summed E-state index contributed by atoms with van der Waals surface area (Å²) in [5.41, 5.74) is 4.87. The van der Waals surface area contributed by atoms with Gasteiger partial charge in [0.05, 0.1) is 11.9 Å². The lowest BCUT2D eigenvalue weighted by Gasteiger charge is -2.05. The molecule has 4 aromatic rings. The first-order valence-corrected chi connectivity index (χ1v) is 10.0. The average Bonchev–Trinajstić information content (AvgIpc) is 3.22. The molecule has 0 aliphatic carbocycles. The fourth-order valence-corrected chi connectivity index (χ4v) is 4.30. The number of hydrogen-bond donors (Lipinski definition) is 1. The molecular formula is C22H23N3OS. The number of furan rings is 1. The highest BCUT2D eigenvalue weighted by Gasteiger charge is 2.14. The smallest absolute Gasteiger partial charge is 0.138 e. The number of rotatable bonds is 5. The predicted octanol–water partition coefficient (Wildman–Crippen LogP) is 6.05. The van der Waals surface area contributed by atoms with Crippen LogP contribution in [0.2, 0.25) is 0 Å². The summed E-state index contributed by atoms with van der Waals surface area (Å²) in [7, 11) is 0. The standard InChI is InChI=1S/C22H23N3OS/c1-5-19-18(16-8-6-13(2)7-9-16)10-17(26-19)11-23-21-20-14(3)15(4)27-22(20)25-12-24-21/h6-10,12H,5,11H2,1-4H3,(H,23,24,25). The number of fused-ring (bicyclic) bond motifs is 1. The van der Waals surface area contributed by atoms with Gasteiger partial charge in [-0.25, -0.2) is 9.97 Å². The van der Waals surface area contributed by atoms with Gasteiger partial charge in [-0.3, -0.25) is 0 Å². The van der Waals surface area contributed by atoms with Crippen LogP contribution in [0.25, 0.3) is 21.3 Å². The van der Waals surface area contributed by atoms with E-state index in [0.29, 0.717) is 6.54 Å². The van der Waals surface area contributed by atoms with Gasteiger partial charge in [0.2, 0.25) is 0 Å². The Labute approximate surface area is 163 Å². The molecule has 0 atom stereocenters. The summed E-state index contributed by atoms with van der Waals surface area (Å²) in [6.45, 7) is 9.07. The lowest BCUT2D eigenvalue weighted by Crippen LogP contribution is -2.01. The van der Waals surface area contributed by atoms with Gasteiger partial charge in [0.15, 0.2) is 0 Å². The van der Waals surface area contributed by atoms with Crippen LogP contribution in [-0.2, 0) is 13.0 Å². The molecule has 0 radical (unpaired) electrons. The molecule has 0 fully saturated rings. The van der Waals surface area contributed by atoms with Crippen LogP contribution in [0.4, 0.5) is 5.82 Å². The van der Waals surface area contributed by atoms with Crippen LogP contribution in [0.15, 0.2) is 41.1 Å². The molecule has 5 heteroatoms. The lowest BCUT2D eigenvalue weighted by atomic mass is 10.0. The van der Waals surface area contributed by atoms with Crippen LogP contribution in [0, 0.1) is 20.8 Å². The first-order chi connectivity index (χ1) is 13.1. The van der Waals surface area contributed by atoms with Crippen LogP contribution in [0.3, 0.4) is 0 Å². The number of nitrogens with zero attached hydrogens (tertiary/aromatic N) is 2. The number of aromatic nitrogens is 2. The third-order valence-electron chi connectivity index (χ3n) is 4.94. The van der Waals surface area contributed by atoms with Gasteiger partial charge in [0, 0.05) is 16.9 Å². The highest BCUT2D eigenvalue weighted by Crippen LogP contribution is 2.33. The van der Waals surface area contributed by atoms with Crippen LogP contribution in [0.5, 0.6) is 0 Å². The van der Waals surface area contributed by atoms with Crippen molar-refractivity contribution < 1.29 is 4.42 Å². The van der Waals surface area contributed by atoms with E-state index in [1.807, 2.05) is 0 Å². The van der Waals surface area contributed by atoms with Crippen molar-refractivity contribution in [3.8, 4) is 11.1 Å². The van der Waals surface area contributed by atoms with Gasteiger partial charge >= 0.3 is 0 Å². The van der Waals surface area contributed by atoms with E-state index >= 15 is 0 Å². The molecule has 0 saturated heterocycles. The monoisotopic (exact) mass is 377 g/mol. The van der Waals surface area contributed by atoms with Gasteiger partial charge in [-0.1, -0.05) is 36.8 Å². The van der Waals surface area contributed by atoms with E-state index in [1.54, 1.807) is 17.7 Å². The Morgan fingerprint density at radius 1 is 1.07 bits per heavy atom. The van der Waals surface area contributed by atoms with E-state index in [2.05, 4.69) is 73.3 Å². The molecule has 4 nitrogen and oxygen atoms in total. The molecule has 0 aliphatic heterocycles. The van der Waals surface area contributed by atoms with E-state index in [-0.39, 0.29) is 0 Å². The molecular weight excluding hydrogens is 354 g/mol. The molecule has 27 heavy (non-hydrogen) atoms. The number of aryl methyl sites for hydroxylation is 4. The second-order valence-corrected chi connectivity index (χ2v) is 8.01. The Balaban J connectivity index is 1.62. The quantitative estimate of drug-likeness (QED) is 0.460. The van der Waals surface area contributed by atoms with E-state index in [4.69, 9.17) is 4.42 Å². The first kappa shape index (κ1) is 17.7. The van der Waals surface area contributed by atoms with E-state index in [0.717, 1.165) is 34.0 Å². The summed E-state index contributed by atoms with van der Waals surface area (Å²) in [5, 5.41) is 4.56. The van der Waals surface area contributed by atoms with Crippen LogP contribution in [-0.4, -0.2) is 9.97 Å². The van der Waals surface area contributed by atoms with Gasteiger partial charge in [-0.05, 0) is 38.0 Å². The largest absolute Gasteiger partial charge is 0.464 e. The van der Waals surface area contributed by atoms with Gasteiger partial charge in [0.1, 0.15) is 28.5 Å². The molecule has 3 aromatic heterocycles. The van der Waals surface area contributed by atoms with E-state index in [1.165, 1.54) is 27.1 Å². The Bertz CT molecular complexity index is 1090. The molecule has 0 amide bonds. The number of anilines is 1. The molecule has 4 rings (SSSR count). The minimum absolute atomic E-state index is 0.597. The van der Waals surface area contributed by atoms with E-state index < -0.39 is 0 Å². The van der Waals surface area contributed by atoms with Crippen molar-refractivity contribution in [2.45, 2.75) is 40.7 Å². The Morgan fingerprint density at radius 2 is 1.85 bits per heavy atom. The van der Waals surface area contributed by atoms with Gasteiger partial charge in [0.25, 0.3) is 0 Å². The second-order valence-electron chi connectivity index (χ2n) is 6.81. The van der Waals surface area contributed by atoms with Gasteiger partial charge in [-0.2, -0.15) is 0 Å². The second kappa shape index (κ2) is 7.16. The predicted molar refractivity (Wildman–Crippen MR) is 112 cm³/mol. The fraction of sp³-hybridized carbons (Fsp3) is 0.273. The van der Waals surface area contributed by atoms with Crippen molar-refractivity contribution in [3.05, 3.63) is 64.2 Å². The van der Waals surface area contributed by atoms with Gasteiger partial charge in [-0.15, -0.1) is 11.3 Å². The summed E-state index contributed by atoms with van der Waals surface area (Å²) < 4.78 is 6.11. The molecule has 1 N–H and O–H groups in total. The van der Waals surface area contributed by atoms with Crippen molar-refractivity contribution in [1.29, 1.82) is 0 Å². The summed E-state index contributed by atoms with van der Waals surface area (Å²) >= 11 is 1.71. The highest BCUT2D eigenvalue weighted by molar-refractivity contribution is 7.18. The maximum atomic E-state index is 6.11. The first-order valence-electron chi connectivity index (χ1n) is 9.20. The molecule has 0 bridgehead atoms. The van der Waals surface area contributed by atoms with Gasteiger partial charge < -0.3 is 9.73 Å². The molecule has 0 unspecified atom stereocenters. The zero-order valence-electron chi connectivity index (χ0n) is 16.1. The normalized spacial score (nSPS) is 11.3. The summed E-state index contributed by atoms with van der Waals surface area (Å²) in [6.07, 6.45) is 2.49. The number of thiophene rings is 1. The summed E-state index contributed by atoms with van der Waals surface area (Å²) in [6, 6.07) is 10.7. The topological polar surface area (TPSA) is 51.0 Å². The Hall–Kier alpha value is -2.66. The molecule has 1 aromatic carbocycles. The number of benzene rings is 1. The average molecular weight is 378 g/mol. The van der Waals surface area contributed by atoms with Crippen molar-refractivity contribution in [3.63, 3.8) is 0 Å². The van der Waals surface area contributed by atoms with E-state index in [9.17, 15) is 0 Å². The van der Waals surface area contributed by atoms with Crippen LogP contribution < -0.4 is 5.32 Å².